The van der Waals surface area contributed by atoms with E-state index in [9.17, 15) is 4.39 Å². The molecule has 0 radical (unpaired) electrons. The molecule has 0 saturated carbocycles. The lowest BCUT2D eigenvalue weighted by atomic mass is 10.1. The normalized spacial score (nSPS) is 12.8. The van der Waals surface area contributed by atoms with E-state index in [2.05, 4.69) is 15.9 Å². The lowest BCUT2D eigenvalue weighted by molar-refractivity contribution is 0.611. The van der Waals surface area contributed by atoms with Gasteiger partial charge in [0.2, 0.25) is 0 Å². The van der Waals surface area contributed by atoms with Crippen molar-refractivity contribution in [1.82, 2.24) is 0 Å². The minimum atomic E-state index is -0.503. The maximum Gasteiger partial charge on any atom is 0.129 e. The minimum Gasteiger partial charge on any atom is -0.207 e. The third kappa shape index (κ3) is 2.43. The van der Waals surface area contributed by atoms with E-state index >= 15 is 0 Å². The van der Waals surface area contributed by atoms with Gasteiger partial charge >= 0.3 is 0 Å². The summed E-state index contributed by atoms with van der Waals surface area (Å²) >= 11 is 16.8. The fraction of sp³-hybridized carbons (Fsp3) is 0.0909. The Bertz CT molecular complexity index is 499. The molecule has 16 heavy (non-hydrogen) atoms. The molecule has 1 unspecified atom stereocenters. The van der Waals surface area contributed by atoms with Crippen LogP contribution in [-0.4, -0.2) is 0 Å². The van der Waals surface area contributed by atoms with Crippen LogP contribution in [0.15, 0.2) is 33.4 Å². The summed E-state index contributed by atoms with van der Waals surface area (Å²) in [5.74, 6) is -0.359. The molecule has 0 spiro atoms. The highest BCUT2D eigenvalue weighted by Crippen LogP contribution is 2.35. The molecule has 0 aliphatic carbocycles. The molecule has 0 amide bonds. The second-order valence-electron chi connectivity index (χ2n) is 3.21. The van der Waals surface area contributed by atoms with Gasteiger partial charge in [0.05, 0.1) is 10.4 Å². The molecular formula is C11H6BrCl2FS. The molecule has 1 heterocycles. The number of benzene rings is 1. The highest BCUT2D eigenvalue weighted by Gasteiger charge is 2.17. The van der Waals surface area contributed by atoms with E-state index in [1.54, 1.807) is 6.07 Å². The van der Waals surface area contributed by atoms with Crippen LogP contribution in [0.4, 0.5) is 4.39 Å². The second kappa shape index (κ2) is 5.05. The van der Waals surface area contributed by atoms with Crippen molar-refractivity contribution in [2.75, 3.05) is 0 Å². The van der Waals surface area contributed by atoms with Crippen molar-refractivity contribution >= 4 is 50.5 Å². The highest BCUT2D eigenvalue weighted by atomic mass is 79.9. The maximum atomic E-state index is 13.7. The molecule has 0 N–H and O–H groups in total. The Morgan fingerprint density at radius 2 is 2.12 bits per heavy atom. The molecule has 0 aliphatic rings. The lowest BCUT2D eigenvalue weighted by Gasteiger charge is -2.10. The van der Waals surface area contributed by atoms with Gasteiger partial charge in [-0.1, -0.05) is 11.6 Å². The number of rotatable bonds is 2. The van der Waals surface area contributed by atoms with E-state index in [0.717, 1.165) is 5.56 Å². The zero-order chi connectivity index (χ0) is 11.7. The van der Waals surface area contributed by atoms with Gasteiger partial charge in [0, 0.05) is 10.0 Å². The van der Waals surface area contributed by atoms with Crippen LogP contribution >= 0.6 is 50.5 Å². The van der Waals surface area contributed by atoms with Gasteiger partial charge in [-0.25, -0.2) is 4.39 Å². The minimum absolute atomic E-state index is 0.359. The summed E-state index contributed by atoms with van der Waals surface area (Å²) in [4.78, 5) is 0. The van der Waals surface area contributed by atoms with Crippen molar-refractivity contribution in [3.8, 4) is 0 Å². The molecule has 0 fully saturated rings. The maximum absolute atomic E-state index is 13.7. The van der Waals surface area contributed by atoms with Crippen LogP contribution in [0.3, 0.4) is 0 Å². The van der Waals surface area contributed by atoms with Gasteiger partial charge < -0.3 is 0 Å². The third-order valence-electron chi connectivity index (χ3n) is 2.15. The van der Waals surface area contributed by atoms with Gasteiger partial charge in [-0.05, 0) is 50.5 Å². The van der Waals surface area contributed by atoms with Crippen molar-refractivity contribution in [1.29, 1.82) is 0 Å². The Morgan fingerprint density at radius 3 is 2.75 bits per heavy atom. The Hall–Kier alpha value is -0.0900. The van der Waals surface area contributed by atoms with Crippen molar-refractivity contribution in [2.24, 2.45) is 0 Å². The van der Waals surface area contributed by atoms with Crippen molar-refractivity contribution in [3.05, 3.63) is 55.4 Å². The zero-order valence-corrected chi connectivity index (χ0v) is 11.8. The van der Waals surface area contributed by atoms with E-state index in [1.807, 2.05) is 16.8 Å². The van der Waals surface area contributed by atoms with Crippen LogP contribution in [0, 0.1) is 5.82 Å². The Kier molecular flexibility index (Phi) is 3.90. The van der Waals surface area contributed by atoms with E-state index < -0.39 is 5.38 Å². The second-order valence-corrected chi connectivity index (χ2v) is 5.69. The summed E-state index contributed by atoms with van der Waals surface area (Å²) in [7, 11) is 0. The van der Waals surface area contributed by atoms with Gasteiger partial charge in [-0.2, -0.15) is 11.3 Å². The van der Waals surface area contributed by atoms with E-state index in [0.29, 0.717) is 15.1 Å². The monoisotopic (exact) mass is 338 g/mol. The smallest absolute Gasteiger partial charge is 0.129 e. The summed E-state index contributed by atoms with van der Waals surface area (Å²) < 4.78 is 14.2. The first-order valence-electron chi connectivity index (χ1n) is 4.40. The lowest BCUT2D eigenvalue weighted by Crippen LogP contribution is -1.96. The summed E-state index contributed by atoms with van der Waals surface area (Å²) in [5.41, 5.74) is 1.28. The largest absolute Gasteiger partial charge is 0.207 e. The number of hydrogen-bond donors (Lipinski definition) is 0. The average Bonchev–Trinajstić information content (AvgIpc) is 2.75. The molecule has 5 heteroatoms. The molecule has 0 aliphatic heterocycles. The van der Waals surface area contributed by atoms with Crippen molar-refractivity contribution in [3.63, 3.8) is 0 Å². The summed E-state index contributed by atoms with van der Waals surface area (Å²) in [6, 6.07) is 4.76. The number of alkyl halides is 1. The molecule has 2 rings (SSSR count). The zero-order valence-electron chi connectivity index (χ0n) is 7.88. The van der Waals surface area contributed by atoms with E-state index in [1.165, 1.54) is 17.4 Å². The van der Waals surface area contributed by atoms with Crippen LogP contribution in [0.5, 0.6) is 0 Å². The van der Waals surface area contributed by atoms with Crippen LogP contribution < -0.4 is 0 Å². The molecule has 1 aromatic heterocycles. The Labute approximate surface area is 115 Å². The summed E-state index contributed by atoms with van der Waals surface area (Å²) in [5, 5.41) is 3.75. The predicted molar refractivity (Wildman–Crippen MR) is 71.1 cm³/mol. The van der Waals surface area contributed by atoms with Crippen LogP contribution in [0.2, 0.25) is 5.02 Å². The van der Waals surface area contributed by atoms with Crippen molar-refractivity contribution < 1.29 is 4.39 Å². The summed E-state index contributed by atoms with van der Waals surface area (Å²) in [6.45, 7) is 0. The van der Waals surface area contributed by atoms with Crippen molar-refractivity contribution in [2.45, 2.75) is 5.38 Å². The quantitative estimate of drug-likeness (QED) is 0.491. The Morgan fingerprint density at radius 1 is 1.38 bits per heavy atom. The predicted octanol–water partition coefficient (Wildman–Crippen LogP) is 5.63. The number of thiophene rings is 1. The fourth-order valence-electron chi connectivity index (χ4n) is 1.33. The van der Waals surface area contributed by atoms with Crippen LogP contribution in [0.25, 0.3) is 0 Å². The molecule has 2 aromatic rings. The molecule has 84 valence electrons. The van der Waals surface area contributed by atoms with Gasteiger partial charge in [-0.3, -0.25) is 0 Å². The molecule has 0 nitrogen and oxygen atoms in total. The average molecular weight is 340 g/mol. The topological polar surface area (TPSA) is 0 Å². The van der Waals surface area contributed by atoms with Crippen LogP contribution in [0.1, 0.15) is 16.5 Å². The number of halogens is 4. The highest BCUT2D eigenvalue weighted by molar-refractivity contribution is 9.10. The molecule has 0 saturated heterocycles. The van der Waals surface area contributed by atoms with E-state index in [-0.39, 0.29) is 5.82 Å². The molecule has 0 bridgehead atoms. The van der Waals surface area contributed by atoms with Crippen LogP contribution in [-0.2, 0) is 0 Å². The number of hydrogen-bond acceptors (Lipinski definition) is 1. The van der Waals surface area contributed by atoms with Gasteiger partial charge in [0.25, 0.3) is 0 Å². The third-order valence-corrected chi connectivity index (χ3v) is 4.53. The molecule has 1 aromatic carbocycles. The van der Waals surface area contributed by atoms with Gasteiger partial charge in [0.1, 0.15) is 5.82 Å². The summed E-state index contributed by atoms with van der Waals surface area (Å²) in [6.07, 6.45) is 0. The first-order valence-corrected chi connectivity index (χ1v) is 6.95. The van der Waals surface area contributed by atoms with Gasteiger partial charge in [0.15, 0.2) is 0 Å². The fourth-order valence-corrected chi connectivity index (χ4v) is 2.88. The first-order chi connectivity index (χ1) is 7.59. The molecule has 1 atom stereocenters. The SMILES string of the molecule is Fc1cc(Br)c(Cl)cc1C(Cl)c1ccsc1. The Balaban J connectivity index is 2.44. The standard InChI is InChI=1S/C11H6BrCl2FS/c12-8-4-10(15)7(3-9(8)13)11(14)6-1-2-16-5-6/h1-5,11H. The van der Waals surface area contributed by atoms with E-state index in [4.69, 9.17) is 23.2 Å². The first kappa shape index (κ1) is 12.4. The molecular weight excluding hydrogens is 334 g/mol. The van der Waals surface area contributed by atoms with Gasteiger partial charge in [-0.15, -0.1) is 11.6 Å².